The second-order valence-electron chi connectivity index (χ2n) is 4.36. The molecule has 22 heavy (non-hydrogen) atoms. The van der Waals surface area contributed by atoms with Crippen molar-refractivity contribution in [3.63, 3.8) is 0 Å². The van der Waals surface area contributed by atoms with Gasteiger partial charge in [-0.3, -0.25) is 6.20 Å². The van der Waals surface area contributed by atoms with Gasteiger partial charge in [0.1, 0.15) is 0 Å². The topological polar surface area (TPSA) is 35.6 Å². The van der Waals surface area contributed by atoms with Crippen LogP contribution in [0.25, 0.3) is 11.9 Å². The number of rotatable bonds is 2. The van der Waals surface area contributed by atoms with Crippen molar-refractivity contribution in [3.8, 4) is 0 Å². The van der Waals surface area contributed by atoms with Crippen molar-refractivity contribution in [2.75, 3.05) is 0 Å². The molecule has 4 nitrogen and oxygen atoms in total. The molecule has 0 amide bonds. The number of hydrogen-bond donors (Lipinski definition) is 0. The van der Waals surface area contributed by atoms with Gasteiger partial charge < -0.3 is 31.3 Å². The summed E-state index contributed by atoms with van der Waals surface area (Å²) in [5.41, 5.74) is 4.15. The van der Waals surface area contributed by atoms with Crippen molar-refractivity contribution in [1.29, 1.82) is 0 Å². The summed E-state index contributed by atoms with van der Waals surface area (Å²) < 4.78 is 3.66. The van der Waals surface area contributed by atoms with Crippen molar-refractivity contribution >= 4 is 11.9 Å². The minimum Gasteiger partial charge on any atom is -0.537 e. The van der Waals surface area contributed by atoms with Crippen molar-refractivity contribution in [3.05, 3.63) is 48.1 Å². The van der Waals surface area contributed by atoms with Gasteiger partial charge in [0.2, 0.25) is 0 Å². The molecule has 0 atom stereocenters. The normalized spacial score (nSPS) is 10.5. The first-order valence-electron chi connectivity index (χ1n) is 6.38. The molecular weight excluding hydrogens is 426 g/mol. The molecule has 0 unspecified atom stereocenters. The van der Waals surface area contributed by atoms with Crippen LogP contribution >= 0.6 is 0 Å². The molecule has 0 fully saturated rings. The van der Waals surface area contributed by atoms with E-state index >= 15 is 0 Å². The molecule has 0 spiro atoms. The van der Waals surface area contributed by atoms with E-state index in [4.69, 9.17) is 0 Å². The zero-order valence-corrected chi connectivity index (χ0v) is 19.8. The summed E-state index contributed by atoms with van der Waals surface area (Å²) in [5.74, 6) is 0. The number of aromatic nitrogens is 4. The van der Waals surface area contributed by atoms with E-state index in [0.29, 0.717) is 0 Å². The van der Waals surface area contributed by atoms with Gasteiger partial charge in [0.15, 0.2) is 0 Å². The zero-order chi connectivity index (χ0) is 15.1. The van der Waals surface area contributed by atoms with E-state index < -0.39 is 0 Å². The molecule has 0 aromatic carbocycles. The Hall–Kier alpha value is 0.108. The second-order valence-corrected chi connectivity index (χ2v) is 4.36. The van der Waals surface area contributed by atoms with Crippen LogP contribution in [0.2, 0.25) is 0 Å². The summed E-state index contributed by atoms with van der Waals surface area (Å²) in [4.78, 5) is 7.96. The number of nitrogens with zero attached hydrogens (tertiary/aromatic N) is 4. The number of imidazole rings is 2. The number of allylic oxidation sites excluding steroid dienone is 3. The molecule has 2 radical (unpaired) electrons. The van der Waals surface area contributed by atoms with E-state index in [9.17, 15) is 0 Å². The Morgan fingerprint density at radius 3 is 2.14 bits per heavy atom. The molecule has 0 aliphatic carbocycles. The van der Waals surface area contributed by atoms with Gasteiger partial charge in [-0.25, -0.2) is 19.5 Å². The molecule has 2 aromatic rings. The minimum absolute atomic E-state index is 0. The molecule has 2 aromatic heterocycles. The summed E-state index contributed by atoms with van der Waals surface area (Å²) >= 11 is 0. The molecule has 0 aliphatic heterocycles. The molecule has 0 saturated carbocycles. The standard InChI is InChI=1S/2C8H10N2.2Y/c1-4-8(3)10-5-7(2)9-6-10;1-4-5-10-6-9-7(2)8(10)3;;/h2*5H,1-3H3;;/q2*-2;;. The maximum atomic E-state index is 4.00. The van der Waals surface area contributed by atoms with Gasteiger partial charge in [-0.05, 0) is 0 Å². The predicted molar refractivity (Wildman–Crippen MR) is 80.3 cm³/mol. The third-order valence-corrected chi connectivity index (χ3v) is 2.84. The molecule has 114 valence electrons. The SMILES string of the molecule is C[C-]=C(C)n1[c-]nc(C)c1.C[C-]=Cn1[c-]nc(C)c1C.[Y].[Y]. The maximum absolute atomic E-state index is 4.00. The van der Waals surface area contributed by atoms with Crippen LogP contribution in [0.4, 0.5) is 0 Å². The Kier molecular flexibility index (Phi) is 13.9. The molecule has 0 N–H and O–H groups in total. The van der Waals surface area contributed by atoms with Crippen LogP contribution in [0.1, 0.15) is 37.9 Å². The Balaban J connectivity index is 0. The summed E-state index contributed by atoms with van der Waals surface area (Å²) in [6.07, 6.45) is 15.3. The van der Waals surface area contributed by atoms with Gasteiger partial charge in [-0.1, -0.05) is 51.0 Å². The van der Waals surface area contributed by atoms with Crippen molar-refractivity contribution in [2.45, 2.75) is 41.5 Å². The van der Waals surface area contributed by atoms with Gasteiger partial charge in [0.25, 0.3) is 0 Å². The predicted octanol–water partition coefficient (Wildman–Crippen LogP) is 3.26. The summed E-state index contributed by atoms with van der Waals surface area (Å²) in [7, 11) is 0. The fraction of sp³-hybridized carbons (Fsp3) is 0.375. The van der Waals surface area contributed by atoms with Crippen molar-refractivity contribution in [2.24, 2.45) is 0 Å². The number of aryl methyl sites for hydroxylation is 2. The van der Waals surface area contributed by atoms with E-state index in [0.717, 1.165) is 22.8 Å². The molecule has 0 aliphatic rings. The second kappa shape index (κ2) is 12.5. The number of hydrogen-bond acceptors (Lipinski definition) is 2. The van der Waals surface area contributed by atoms with Crippen LogP contribution in [0.3, 0.4) is 0 Å². The quantitative estimate of drug-likeness (QED) is 0.665. The van der Waals surface area contributed by atoms with E-state index in [-0.39, 0.29) is 65.4 Å². The van der Waals surface area contributed by atoms with Crippen LogP contribution in [0.5, 0.6) is 0 Å². The van der Waals surface area contributed by atoms with Crippen LogP contribution < -0.4 is 0 Å². The first-order valence-corrected chi connectivity index (χ1v) is 6.38. The summed E-state index contributed by atoms with van der Waals surface area (Å²) in [6.45, 7) is 11.6. The fourth-order valence-corrected chi connectivity index (χ4v) is 1.38. The van der Waals surface area contributed by atoms with Gasteiger partial charge in [0.05, 0.1) is 0 Å². The fourth-order valence-electron chi connectivity index (χ4n) is 1.38. The smallest absolute Gasteiger partial charge is 0.0384 e. The van der Waals surface area contributed by atoms with E-state index in [2.05, 4.69) is 34.8 Å². The van der Waals surface area contributed by atoms with E-state index in [1.54, 1.807) is 0 Å². The maximum Gasteiger partial charge on any atom is 0.0384 e. The molecule has 6 heteroatoms. The van der Waals surface area contributed by atoms with Crippen LogP contribution in [-0.4, -0.2) is 19.1 Å². The van der Waals surface area contributed by atoms with Gasteiger partial charge in [-0.15, -0.1) is 0 Å². The van der Waals surface area contributed by atoms with Gasteiger partial charge in [-0.2, -0.15) is 0 Å². The first-order chi connectivity index (χ1) is 9.49. The van der Waals surface area contributed by atoms with E-state index in [1.165, 1.54) is 0 Å². The van der Waals surface area contributed by atoms with Gasteiger partial charge >= 0.3 is 0 Å². The average molecular weight is 446 g/mol. The summed E-state index contributed by atoms with van der Waals surface area (Å²) in [5, 5.41) is 0. The Bertz CT molecular complexity index is 609. The molecule has 0 saturated heterocycles. The third kappa shape index (κ3) is 7.59. The van der Waals surface area contributed by atoms with Crippen molar-refractivity contribution in [1.82, 2.24) is 19.1 Å². The van der Waals surface area contributed by atoms with E-state index in [1.807, 2.05) is 63.1 Å². The monoisotopic (exact) mass is 446 g/mol. The minimum atomic E-state index is 0. The summed E-state index contributed by atoms with van der Waals surface area (Å²) in [6, 6.07) is 0. The van der Waals surface area contributed by atoms with Crippen molar-refractivity contribution < 1.29 is 65.4 Å². The van der Waals surface area contributed by atoms with Crippen LogP contribution in [0, 0.1) is 45.6 Å². The third-order valence-electron chi connectivity index (χ3n) is 2.84. The Morgan fingerprint density at radius 1 is 1.14 bits per heavy atom. The first kappa shape index (κ1) is 24.4. The molecule has 2 heterocycles. The van der Waals surface area contributed by atoms with Crippen LogP contribution in [-0.2, 0) is 65.4 Å². The zero-order valence-electron chi connectivity index (χ0n) is 14.1. The Labute approximate surface area is 184 Å². The molecule has 2 rings (SSSR count). The average Bonchev–Trinajstić information content (AvgIpc) is 3.00. The largest absolute Gasteiger partial charge is 0.537 e. The van der Waals surface area contributed by atoms with Gasteiger partial charge in [0, 0.05) is 78.1 Å². The molecular formula is C16H20N4Y2-4. The molecule has 0 bridgehead atoms. The van der Waals surface area contributed by atoms with Crippen LogP contribution in [0.15, 0.2) is 6.20 Å². The Morgan fingerprint density at radius 2 is 1.77 bits per heavy atom.